The molecule has 1 unspecified atom stereocenters. The van der Waals surface area contributed by atoms with Crippen LogP contribution in [0.2, 0.25) is 0 Å². The zero-order valence-electron chi connectivity index (χ0n) is 8.80. The molecule has 0 aliphatic heterocycles. The standard InChI is InChI=1S/C10H13N3O3/c1-6(5-8(14)15)13-10-7(9(11)16)3-2-4-12-10/h2-4,6H,5H2,1H3,(H2,11,16)(H,12,13)(H,14,15). The summed E-state index contributed by atoms with van der Waals surface area (Å²) < 4.78 is 0. The van der Waals surface area contributed by atoms with Gasteiger partial charge >= 0.3 is 5.97 Å². The van der Waals surface area contributed by atoms with Crippen LogP contribution < -0.4 is 11.1 Å². The fourth-order valence-electron chi connectivity index (χ4n) is 1.27. The minimum atomic E-state index is -0.920. The van der Waals surface area contributed by atoms with E-state index in [1.54, 1.807) is 13.0 Å². The highest BCUT2D eigenvalue weighted by Crippen LogP contribution is 2.12. The summed E-state index contributed by atoms with van der Waals surface area (Å²) in [6.07, 6.45) is 1.44. The van der Waals surface area contributed by atoms with Gasteiger partial charge in [-0.15, -0.1) is 0 Å². The molecule has 6 heteroatoms. The molecule has 0 radical (unpaired) electrons. The summed E-state index contributed by atoms with van der Waals surface area (Å²) in [6, 6.07) is 2.80. The predicted octanol–water partition coefficient (Wildman–Crippen LogP) is 0.456. The van der Waals surface area contributed by atoms with Crippen molar-refractivity contribution in [3.8, 4) is 0 Å². The average Bonchev–Trinajstić information content (AvgIpc) is 2.16. The Balaban J connectivity index is 2.80. The highest BCUT2D eigenvalue weighted by molar-refractivity contribution is 5.97. The molecule has 1 aromatic rings. The second-order valence-electron chi connectivity index (χ2n) is 3.41. The third-order valence-electron chi connectivity index (χ3n) is 1.94. The Hall–Kier alpha value is -2.11. The van der Waals surface area contributed by atoms with Crippen molar-refractivity contribution in [1.29, 1.82) is 0 Å². The van der Waals surface area contributed by atoms with E-state index in [0.29, 0.717) is 5.82 Å². The van der Waals surface area contributed by atoms with E-state index in [1.807, 2.05) is 0 Å². The van der Waals surface area contributed by atoms with Crippen LogP contribution in [0, 0.1) is 0 Å². The van der Waals surface area contributed by atoms with Crippen molar-refractivity contribution < 1.29 is 14.7 Å². The molecule has 86 valence electrons. The van der Waals surface area contributed by atoms with Crippen LogP contribution in [0.25, 0.3) is 0 Å². The lowest BCUT2D eigenvalue weighted by molar-refractivity contribution is -0.137. The van der Waals surface area contributed by atoms with Gasteiger partial charge in [-0.2, -0.15) is 0 Å². The lowest BCUT2D eigenvalue weighted by atomic mass is 10.2. The van der Waals surface area contributed by atoms with Crippen LogP contribution in [0.3, 0.4) is 0 Å². The number of nitrogens with two attached hydrogens (primary N) is 1. The third kappa shape index (κ3) is 3.23. The van der Waals surface area contributed by atoms with E-state index in [1.165, 1.54) is 12.3 Å². The Morgan fingerprint density at radius 1 is 1.62 bits per heavy atom. The first kappa shape index (κ1) is 12.0. The number of nitrogens with zero attached hydrogens (tertiary/aromatic N) is 1. The molecule has 0 aliphatic carbocycles. The number of hydrogen-bond acceptors (Lipinski definition) is 4. The highest BCUT2D eigenvalue weighted by atomic mass is 16.4. The van der Waals surface area contributed by atoms with Crippen LogP contribution in [0.15, 0.2) is 18.3 Å². The molecule has 0 fully saturated rings. The summed E-state index contributed by atoms with van der Waals surface area (Å²) >= 11 is 0. The topological polar surface area (TPSA) is 105 Å². The fraction of sp³-hybridized carbons (Fsp3) is 0.300. The average molecular weight is 223 g/mol. The van der Waals surface area contributed by atoms with Gasteiger partial charge in [-0.3, -0.25) is 9.59 Å². The SMILES string of the molecule is CC(CC(=O)O)Nc1ncccc1C(N)=O. The molecule has 1 amide bonds. The summed E-state index contributed by atoms with van der Waals surface area (Å²) in [5, 5.41) is 11.4. The first-order valence-corrected chi connectivity index (χ1v) is 4.74. The molecular weight excluding hydrogens is 210 g/mol. The van der Waals surface area contributed by atoms with Gasteiger partial charge in [0.05, 0.1) is 12.0 Å². The summed E-state index contributed by atoms with van der Waals surface area (Å²) in [6.45, 7) is 1.69. The van der Waals surface area contributed by atoms with Crippen molar-refractivity contribution in [2.75, 3.05) is 5.32 Å². The molecule has 0 bridgehead atoms. The van der Waals surface area contributed by atoms with E-state index in [9.17, 15) is 9.59 Å². The number of carbonyl (C=O) groups excluding carboxylic acids is 1. The normalized spacial score (nSPS) is 11.8. The second-order valence-corrected chi connectivity index (χ2v) is 3.41. The minimum Gasteiger partial charge on any atom is -0.481 e. The van der Waals surface area contributed by atoms with Crippen LogP contribution in [-0.2, 0) is 4.79 Å². The Morgan fingerprint density at radius 2 is 2.31 bits per heavy atom. The number of primary amides is 1. The number of nitrogens with one attached hydrogen (secondary N) is 1. The van der Waals surface area contributed by atoms with Crippen molar-refractivity contribution in [3.63, 3.8) is 0 Å². The molecule has 1 heterocycles. The number of carbonyl (C=O) groups is 2. The Bertz CT molecular complexity index is 406. The predicted molar refractivity (Wildman–Crippen MR) is 58.1 cm³/mol. The van der Waals surface area contributed by atoms with E-state index in [2.05, 4.69) is 10.3 Å². The second kappa shape index (κ2) is 5.11. The summed E-state index contributed by atoms with van der Waals surface area (Å²) in [5.41, 5.74) is 5.41. The van der Waals surface area contributed by atoms with Gasteiger partial charge in [-0.25, -0.2) is 4.98 Å². The van der Waals surface area contributed by atoms with E-state index in [4.69, 9.17) is 10.8 Å². The summed E-state index contributed by atoms with van der Waals surface area (Å²) in [5.74, 6) is -1.21. The van der Waals surface area contributed by atoms with Crippen LogP contribution in [-0.4, -0.2) is 28.0 Å². The van der Waals surface area contributed by atoms with Crippen LogP contribution >= 0.6 is 0 Å². The number of aliphatic carboxylic acids is 1. The van der Waals surface area contributed by atoms with Gasteiger partial charge in [0.15, 0.2) is 0 Å². The minimum absolute atomic E-state index is 0.0607. The van der Waals surface area contributed by atoms with E-state index < -0.39 is 11.9 Å². The lowest BCUT2D eigenvalue weighted by Crippen LogP contribution is -2.23. The molecule has 0 aliphatic rings. The van der Waals surface area contributed by atoms with Crippen molar-refractivity contribution in [1.82, 2.24) is 4.98 Å². The van der Waals surface area contributed by atoms with Gasteiger partial charge in [-0.05, 0) is 19.1 Å². The zero-order chi connectivity index (χ0) is 12.1. The quantitative estimate of drug-likeness (QED) is 0.672. The van der Waals surface area contributed by atoms with Gasteiger partial charge in [0.2, 0.25) is 0 Å². The fourth-order valence-corrected chi connectivity index (χ4v) is 1.27. The number of amides is 1. The van der Waals surface area contributed by atoms with Gasteiger partial charge in [-0.1, -0.05) is 0 Å². The van der Waals surface area contributed by atoms with E-state index >= 15 is 0 Å². The van der Waals surface area contributed by atoms with Crippen molar-refractivity contribution in [3.05, 3.63) is 23.9 Å². The number of carboxylic acid groups (broad SMARTS) is 1. The van der Waals surface area contributed by atoms with E-state index in [0.717, 1.165) is 0 Å². The molecule has 0 spiro atoms. The molecule has 0 aromatic carbocycles. The molecule has 0 saturated carbocycles. The molecular formula is C10H13N3O3. The number of carboxylic acids is 1. The number of rotatable bonds is 5. The maximum absolute atomic E-state index is 11.1. The smallest absolute Gasteiger partial charge is 0.305 e. The molecule has 1 atom stereocenters. The van der Waals surface area contributed by atoms with Crippen LogP contribution in [0.4, 0.5) is 5.82 Å². The summed E-state index contributed by atoms with van der Waals surface area (Å²) in [7, 11) is 0. The van der Waals surface area contributed by atoms with Crippen molar-refractivity contribution >= 4 is 17.7 Å². The Labute approximate surface area is 92.5 Å². The first-order valence-electron chi connectivity index (χ1n) is 4.74. The van der Waals surface area contributed by atoms with Crippen LogP contribution in [0.5, 0.6) is 0 Å². The molecule has 6 nitrogen and oxygen atoms in total. The number of anilines is 1. The van der Waals surface area contributed by atoms with Gasteiger partial charge in [0.25, 0.3) is 5.91 Å². The third-order valence-corrected chi connectivity index (χ3v) is 1.94. The lowest BCUT2D eigenvalue weighted by Gasteiger charge is -2.13. The van der Waals surface area contributed by atoms with Gasteiger partial charge < -0.3 is 16.2 Å². The van der Waals surface area contributed by atoms with Gasteiger partial charge in [0, 0.05) is 12.2 Å². The van der Waals surface area contributed by atoms with Gasteiger partial charge in [0.1, 0.15) is 5.82 Å². The zero-order valence-corrected chi connectivity index (χ0v) is 8.80. The Morgan fingerprint density at radius 3 is 2.88 bits per heavy atom. The molecule has 1 aromatic heterocycles. The first-order chi connectivity index (χ1) is 7.50. The highest BCUT2D eigenvalue weighted by Gasteiger charge is 2.12. The molecule has 4 N–H and O–H groups in total. The Kier molecular flexibility index (Phi) is 3.82. The molecule has 16 heavy (non-hydrogen) atoms. The van der Waals surface area contributed by atoms with Crippen molar-refractivity contribution in [2.24, 2.45) is 5.73 Å². The maximum atomic E-state index is 11.1. The monoisotopic (exact) mass is 223 g/mol. The molecule has 0 saturated heterocycles. The van der Waals surface area contributed by atoms with Crippen LogP contribution in [0.1, 0.15) is 23.7 Å². The summed E-state index contributed by atoms with van der Waals surface area (Å²) in [4.78, 5) is 25.5. The maximum Gasteiger partial charge on any atom is 0.305 e. The van der Waals surface area contributed by atoms with E-state index in [-0.39, 0.29) is 18.0 Å². The number of hydrogen-bond donors (Lipinski definition) is 3. The van der Waals surface area contributed by atoms with Crippen molar-refractivity contribution in [2.45, 2.75) is 19.4 Å². The molecule has 1 rings (SSSR count). The number of pyridine rings is 1. The largest absolute Gasteiger partial charge is 0.481 e. The number of aromatic nitrogens is 1.